The lowest BCUT2D eigenvalue weighted by Crippen LogP contribution is -2.30. The van der Waals surface area contributed by atoms with E-state index < -0.39 is 10.0 Å². The molecule has 10 heteroatoms. The minimum absolute atomic E-state index is 0.123. The number of sulfonamides is 1. The fourth-order valence-electron chi connectivity index (χ4n) is 3.25. The molecule has 1 unspecified atom stereocenters. The Morgan fingerprint density at radius 2 is 1.71 bits per heavy atom. The van der Waals surface area contributed by atoms with Crippen LogP contribution in [0.5, 0.6) is 0 Å². The van der Waals surface area contributed by atoms with E-state index in [4.69, 9.17) is 0 Å². The second kappa shape index (κ2) is 9.80. The van der Waals surface area contributed by atoms with Crippen LogP contribution in [0.25, 0.3) is 5.69 Å². The van der Waals surface area contributed by atoms with Crippen LogP contribution in [0.15, 0.2) is 59.8 Å². The summed E-state index contributed by atoms with van der Waals surface area (Å²) >= 11 is 0. The number of rotatable bonds is 9. The third-order valence-corrected chi connectivity index (χ3v) is 7.08. The summed E-state index contributed by atoms with van der Waals surface area (Å²) in [6.07, 6.45) is 1.73. The number of benzene rings is 2. The van der Waals surface area contributed by atoms with Crippen molar-refractivity contribution in [3.05, 3.63) is 66.0 Å². The lowest BCUT2D eigenvalue weighted by atomic mass is 10.1. The fourth-order valence-corrected chi connectivity index (χ4v) is 4.71. The summed E-state index contributed by atoms with van der Waals surface area (Å²) in [4.78, 5) is 12.7. The van der Waals surface area contributed by atoms with E-state index in [1.165, 1.54) is 15.3 Å². The maximum atomic E-state index is 12.6. The van der Waals surface area contributed by atoms with Crippen LogP contribution < -0.4 is 5.32 Å². The molecule has 0 aliphatic carbocycles. The van der Waals surface area contributed by atoms with Gasteiger partial charge in [-0.25, -0.2) is 13.1 Å². The van der Waals surface area contributed by atoms with Gasteiger partial charge in [0.2, 0.25) is 15.9 Å². The first-order valence-electron chi connectivity index (χ1n) is 10.1. The lowest BCUT2D eigenvalue weighted by molar-refractivity contribution is -0.121. The largest absolute Gasteiger partial charge is 0.349 e. The van der Waals surface area contributed by atoms with Crippen LogP contribution in [0, 0.1) is 0 Å². The normalized spacial score (nSPS) is 12.6. The molecule has 3 aromatic rings. The van der Waals surface area contributed by atoms with Crippen LogP contribution in [0.3, 0.4) is 0 Å². The van der Waals surface area contributed by atoms with Crippen molar-refractivity contribution in [2.45, 2.75) is 38.1 Å². The highest BCUT2D eigenvalue weighted by Gasteiger charge is 2.21. The SMILES string of the molecule is CCN(CC)S(=O)(=O)c1ccc(C(C)NC(=O)Cc2ccc(-n3cnnn3)cc2)cc1. The molecule has 1 amide bonds. The van der Waals surface area contributed by atoms with Crippen LogP contribution in [0.4, 0.5) is 0 Å². The van der Waals surface area contributed by atoms with Gasteiger partial charge in [-0.3, -0.25) is 4.79 Å². The van der Waals surface area contributed by atoms with Crippen LogP contribution in [0.1, 0.15) is 37.9 Å². The molecule has 1 N–H and O–H groups in total. The van der Waals surface area contributed by atoms with Crippen molar-refractivity contribution in [1.29, 1.82) is 0 Å². The van der Waals surface area contributed by atoms with E-state index in [9.17, 15) is 13.2 Å². The van der Waals surface area contributed by atoms with Crippen molar-refractivity contribution in [2.24, 2.45) is 0 Å². The predicted molar refractivity (Wildman–Crippen MR) is 116 cm³/mol. The van der Waals surface area contributed by atoms with Gasteiger partial charge in [-0.1, -0.05) is 38.1 Å². The minimum atomic E-state index is -3.50. The molecular formula is C21H26N6O3S. The quantitative estimate of drug-likeness (QED) is 0.543. The summed E-state index contributed by atoms with van der Waals surface area (Å²) < 4.78 is 28.2. The average molecular weight is 443 g/mol. The maximum absolute atomic E-state index is 12.6. The number of hydrogen-bond donors (Lipinski definition) is 1. The first-order chi connectivity index (χ1) is 14.8. The fraction of sp³-hybridized carbons (Fsp3) is 0.333. The van der Waals surface area contributed by atoms with Crippen molar-refractivity contribution >= 4 is 15.9 Å². The Morgan fingerprint density at radius 1 is 1.06 bits per heavy atom. The van der Waals surface area contributed by atoms with Gasteiger partial charge in [-0.05, 0) is 52.7 Å². The van der Waals surface area contributed by atoms with E-state index in [1.807, 2.05) is 45.0 Å². The Hall–Kier alpha value is -3.11. The predicted octanol–water partition coefficient (Wildman–Crippen LogP) is 2.11. The van der Waals surface area contributed by atoms with Gasteiger partial charge in [0.05, 0.1) is 23.0 Å². The molecule has 2 aromatic carbocycles. The number of hydrogen-bond acceptors (Lipinski definition) is 6. The molecule has 0 fully saturated rings. The number of amides is 1. The van der Waals surface area contributed by atoms with Gasteiger partial charge in [0, 0.05) is 13.1 Å². The number of aromatic nitrogens is 4. The highest BCUT2D eigenvalue weighted by atomic mass is 32.2. The number of carbonyl (C=O) groups excluding carboxylic acids is 1. The van der Waals surface area contributed by atoms with E-state index in [0.717, 1.165) is 16.8 Å². The minimum Gasteiger partial charge on any atom is -0.349 e. The van der Waals surface area contributed by atoms with E-state index in [0.29, 0.717) is 13.1 Å². The molecule has 0 aliphatic rings. The van der Waals surface area contributed by atoms with Gasteiger partial charge in [-0.2, -0.15) is 4.31 Å². The monoisotopic (exact) mass is 442 g/mol. The first-order valence-corrected chi connectivity index (χ1v) is 11.5. The van der Waals surface area contributed by atoms with Crippen LogP contribution in [-0.4, -0.2) is 51.9 Å². The van der Waals surface area contributed by atoms with E-state index in [1.54, 1.807) is 24.3 Å². The van der Waals surface area contributed by atoms with Gasteiger partial charge in [0.25, 0.3) is 0 Å². The standard InChI is InChI=1S/C21H26N6O3S/c1-4-26(5-2)31(29,30)20-12-8-18(9-13-20)16(3)23-21(28)14-17-6-10-19(11-7-17)27-15-22-24-25-27/h6-13,15-16H,4-5,14H2,1-3H3,(H,23,28). The molecule has 31 heavy (non-hydrogen) atoms. The Balaban J connectivity index is 1.60. The van der Waals surface area contributed by atoms with Gasteiger partial charge in [0.15, 0.2) is 0 Å². The Labute approximate surface area is 182 Å². The van der Waals surface area contributed by atoms with Crippen molar-refractivity contribution in [2.75, 3.05) is 13.1 Å². The molecule has 0 saturated heterocycles. The van der Waals surface area contributed by atoms with Crippen molar-refractivity contribution in [3.63, 3.8) is 0 Å². The zero-order valence-electron chi connectivity index (χ0n) is 17.8. The van der Waals surface area contributed by atoms with Crippen molar-refractivity contribution < 1.29 is 13.2 Å². The molecular weight excluding hydrogens is 416 g/mol. The second-order valence-corrected chi connectivity index (χ2v) is 8.98. The third-order valence-electron chi connectivity index (χ3n) is 5.02. The van der Waals surface area contributed by atoms with Crippen LogP contribution in [0.2, 0.25) is 0 Å². The smallest absolute Gasteiger partial charge is 0.243 e. The number of nitrogens with one attached hydrogen (secondary N) is 1. The summed E-state index contributed by atoms with van der Waals surface area (Å²) in [6.45, 7) is 6.33. The third kappa shape index (κ3) is 5.33. The van der Waals surface area contributed by atoms with E-state index in [2.05, 4.69) is 20.8 Å². The molecule has 164 valence electrons. The van der Waals surface area contributed by atoms with Crippen molar-refractivity contribution in [1.82, 2.24) is 29.8 Å². The summed E-state index contributed by atoms with van der Waals surface area (Å²) in [7, 11) is -3.50. The Kier molecular flexibility index (Phi) is 7.13. The van der Waals surface area contributed by atoms with Crippen molar-refractivity contribution in [3.8, 4) is 5.69 Å². The molecule has 0 aliphatic heterocycles. The number of carbonyl (C=O) groups is 1. The summed E-state index contributed by atoms with van der Waals surface area (Å²) in [5.41, 5.74) is 2.50. The highest BCUT2D eigenvalue weighted by molar-refractivity contribution is 7.89. The average Bonchev–Trinajstić information content (AvgIpc) is 3.30. The molecule has 1 atom stereocenters. The van der Waals surface area contributed by atoms with E-state index in [-0.39, 0.29) is 23.3 Å². The maximum Gasteiger partial charge on any atom is 0.243 e. The molecule has 1 aromatic heterocycles. The van der Waals surface area contributed by atoms with Crippen LogP contribution in [-0.2, 0) is 21.2 Å². The summed E-state index contributed by atoms with van der Waals surface area (Å²) in [5.74, 6) is -0.123. The number of tetrazole rings is 1. The highest BCUT2D eigenvalue weighted by Crippen LogP contribution is 2.19. The van der Waals surface area contributed by atoms with Gasteiger partial charge >= 0.3 is 0 Å². The van der Waals surface area contributed by atoms with Gasteiger partial charge in [0.1, 0.15) is 6.33 Å². The summed E-state index contributed by atoms with van der Waals surface area (Å²) in [6, 6.07) is 13.8. The molecule has 0 saturated carbocycles. The summed E-state index contributed by atoms with van der Waals surface area (Å²) in [5, 5.41) is 14.0. The Morgan fingerprint density at radius 3 is 2.26 bits per heavy atom. The van der Waals surface area contributed by atoms with Gasteiger partial charge in [-0.15, -0.1) is 5.10 Å². The molecule has 0 bridgehead atoms. The molecule has 1 heterocycles. The molecule has 0 spiro atoms. The topological polar surface area (TPSA) is 110 Å². The van der Waals surface area contributed by atoms with E-state index >= 15 is 0 Å². The van der Waals surface area contributed by atoms with Crippen LogP contribution >= 0.6 is 0 Å². The lowest BCUT2D eigenvalue weighted by Gasteiger charge is -2.19. The molecule has 9 nitrogen and oxygen atoms in total. The second-order valence-electron chi connectivity index (χ2n) is 7.05. The zero-order chi connectivity index (χ0) is 22.4. The Bertz CT molecular complexity index is 1090. The molecule has 0 radical (unpaired) electrons. The molecule has 3 rings (SSSR count). The number of nitrogens with zero attached hydrogens (tertiary/aromatic N) is 5. The zero-order valence-corrected chi connectivity index (χ0v) is 18.6. The first kappa shape index (κ1) is 22.6. The van der Waals surface area contributed by atoms with Gasteiger partial charge < -0.3 is 5.32 Å².